The molecule has 0 saturated carbocycles. The first kappa shape index (κ1) is 20.2. The molecule has 0 atom stereocenters. The topological polar surface area (TPSA) is 97.4 Å². The van der Waals surface area contributed by atoms with Gasteiger partial charge >= 0.3 is 5.97 Å². The predicted molar refractivity (Wildman–Crippen MR) is 112 cm³/mol. The van der Waals surface area contributed by atoms with Gasteiger partial charge in [-0.3, -0.25) is 14.9 Å². The van der Waals surface area contributed by atoms with Gasteiger partial charge in [-0.1, -0.05) is 24.3 Å². The number of rotatable bonds is 6. The average molecular weight is 409 g/mol. The fourth-order valence-corrected chi connectivity index (χ4v) is 3.16. The number of nitrogens with zero attached hydrogens (tertiary/aromatic N) is 1. The van der Waals surface area contributed by atoms with Crippen molar-refractivity contribution in [2.75, 3.05) is 17.2 Å². The zero-order chi connectivity index (χ0) is 20.8. The molecule has 0 radical (unpaired) electrons. The number of aryl methyl sites for hydroxylation is 1. The molecule has 2 aromatic carbocycles. The lowest BCUT2D eigenvalue weighted by molar-refractivity contribution is 0.0520. The second-order valence-corrected chi connectivity index (χ2v) is 6.92. The van der Waals surface area contributed by atoms with Crippen LogP contribution in [0.25, 0.3) is 0 Å². The monoisotopic (exact) mass is 409 g/mol. The van der Waals surface area contributed by atoms with E-state index in [1.54, 1.807) is 49.4 Å². The van der Waals surface area contributed by atoms with Crippen molar-refractivity contribution < 1.29 is 19.1 Å². The number of hydrogen-bond donors (Lipinski definition) is 2. The van der Waals surface area contributed by atoms with E-state index in [1.165, 1.54) is 5.38 Å². The highest BCUT2D eigenvalue weighted by atomic mass is 32.1. The van der Waals surface area contributed by atoms with Gasteiger partial charge in [-0.05, 0) is 43.7 Å². The maximum Gasteiger partial charge on any atom is 0.357 e. The van der Waals surface area contributed by atoms with Crippen molar-refractivity contribution in [1.82, 2.24) is 4.98 Å². The highest BCUT2D eigenvalue weighted by Gasteiger charge is 2.15. The van der Waals surface area contributed by atoms with Gasteiger partial charge in [0.1, 0.15) is 0 Å². The molecule has 0 aliphatic carbocycles. The van der Waals surface area contributed by atoms with Gasteiger partial charge in [0, 0.05) is 22.2 Å². The summed E-state index contributed by atoms with van der Waals surface area (Å²) < 4.78 is 4.89. The first-order valence-electron chi connectivity index (χ1n) is 8.89. The minimum absolute atomic E-state index is 0.145. The normalized spacial score (nSPS) is 10.3. The standard InChI is InChI=1S/C21H19N3O4S/c1-3-28-20(27)17-12-29-21(23-17)24-19(26)15-10-9-13(2)16(11-15)22-18(25)14-7-5-4-6-8-14/h4-12H,3H2,1-2H3,(H,22,25)(H,23,24,26). The fourth-order valence-electron chi connectivity index (χ4n) is 2.48. The molecule has 0 spiro atoms. The van der Waals surface area contributed by atoms with E-state index in [-0.39, 0.29) is 23.3 Å². The van der Waals surface area contributed by atoms with Gasteiger partial charge < -0.3 is 10.1 Å². The lowest BCUT2D eigenvalue weighted by Gasteiger charge is -2.10. The van der Waals surface area contributed by atoms with Gasteiger partial charge in [0.2, 0.25) is 0 Å². The van der Waals surface area contributed by atoms with Crippen molar-refractivity contribution in [3.63, 3.8) is 0 Å². The number of aromatic nitrogens is 1. The van der Waals surface area contributed by atoms with Crippen molar-refractivity contribution in [2.24, 2.45) is 0 Å². The fraction of sp³-hybridized carbons (Fsp3) is 0.143. The third-order valence-electron chi connectivity index (χ3n) is 3.99. The first-order valence-corrected chi connectivity index (χ1v) is 9.77. The van der Waals surface area contributed by atoms with E-state index >= 15 is 0 Å². The third-order valence-corrected chi connectivity index (χ3v) is 4.75. The summed E-state index contributed by atoms with van der Waals surface area (Å²) in [6, 6.07) is 13.8. The van der Waals surface area contributed by atoms with Crippen LogP contribution in [0.1, 0.15) is 43.7 Å². The van der Waals surface area contributed by atoms with Crippen LogP contribution in [-0.4, -0.2) is 29.4 Å². The van der Waals surface area contributed by atoms with E-state index < -0.39 is 11.9 Å². The Bertz CT molecular complexity index is 1050. The van der Waals surface area contributed by atoms with Gasteiger partial charge in [0.25, 0.3) is 11.8 Å². The number of thiazole rings is 1. The molecule has 0 aliphatic rings. The quantitative estimate of drug-likeness (QED) is 0.597. The van der Waals surface area contributed by atoms with Crippen LogP contribution in [0, 0.1) is 6.92 Å². The zero-order valence-electron chi connectivity index (χ0n) is 15.9. The maximum absolute atomic E-state index is 12.6. The van der Waals surface area contributed by atoms with Crippen LogP contribution in [0.4, 0.5) is 10.8 Å². The van der Waals surface area contributed by atoms with Crippen molar-refractivity contribution in [3.8, 4) is 0 Å². The molecule has 1 heterocycles. The summed E-state index contributed by atoms with van der Waals surface area (Å²) in [5.74, 6) is -1.19. The number of carbonyl (C=O) groups is 3. The first-order chi connectivity index (χ1) is 14.0. The summed E-state index contributed by atoms with van der Waals surface area (Å²) in [5, 5.41) is 7.29. The molecular weight excluding hydrogens is 390 g/mol. The minimum atomic E-state index is -0.537. The Morgan fingerprint density at radius 2 is 1.72 bits per heavy atom. The van der Waals surface area contributed by atoms with E-state index in [4.69, 9.17) is 4.74 Å². The average Bonchev–Trinajstić information content (AvgIpc) is 3.19. The van der Waals surface area contributed by atoms with Crippen LogP contribution in [0.5, 0.6) is 0 Å². The molecule has 3 aromatic rings. The second kappa shape index (κ2) is 9.11. The summed E-state index contributed by atoms with van der Waals surface area (Å²) in [7, 11) is 0. The molecule has 1 aromatic heterocycles. The van der Waals surface area contributed by atoms with E-state index in [9.17, 15) is 14.4 Å². The van der Waals surface area contributed by atoms with Gasteiger partial charge in [-0.15, -0.1) is 11.3 Å². The molecule has 2 N–H and O–H groups in total. The van der Waals surface area contributed by atoms with Crippen molar-refractivity contribution in [2.45, 2.75) is 13.8 Å². The molecule has 0 aliphatic heterocycles. The zero-order valence-corrected chi connectivity index (χ0v) is 16.7. The molecule has 0 saturated heterocycles. The molecular formula is C21H19N3O4S. The number of amides is 2. The predicted octanol–water partition coefficient (Wildman–Crippen LogP) is 4.13. The summed E-state index contributed by atoms with van der Waals surface area (Å²) in [6.07, 6.45) is 0. The largest absolute Gasteiger partial charge is 0.461 e. The van der Waals surface area contributed by atoms with Gasteiger partial charge in [-0.2, -0.15) is 0 Å². The van der Waals surface area contributed by atoms with Crippen molar-refractivity contribution in [1.29, 1.82) is 0 Å². The number of esters is 1. The summed E-state index contributed by atoms with van der Waals surface area (Å²) in [4.78, 5) is 40.7. The van der Waals surface area contributed by atoms with Crippen LogP contribution in [0.3, 0.4) is 0 Å². The molecule has 0 fully saturated rings. The van der Waals surface area contributed by atoms with E-state index in [1.807, 2.05) is 13.0 Å². The summed E-state index contributed by atoms with van der Waals surface area (Å²) in [6.45, 7) is 3.80. The molecule has 148 valence electrons. The Balaban J connectivity index is 1.72. The third kappa shape index (κ3) is 5.05. The minimum Gasteiger partial charge on any atom is -0.461 e. The summed E-state index contributed by atoms with van der Waals surface area (Å²) in [5.41, 5.74) is 2.39. The van der Waals surface area contributed by atoms with Crippen LogP contribution < -0.4 is 10.6 Å². The molecule has 3 rings (SSSR count). The molecule has 2 amide bonds. The van der Waals surface area contributed by atoms with Crippen molar-refractivity contribution >= 4 is 39.9 Å². The molecule has 7 nitrogen and oxygen atoms in total. The number of ether oxygens (including phenoxy) is 1. The number of nitrogens with one attached hydrogen (secondary N) is 2. The van der Waals surface area contributed by atoms with Crippen LogP contribution in [0.15, 0.2) is 53.9 Å². The lowest BCUT2D eigenvalue weighted by Crippen LogP contribution is -2.15. The number of hydrogen-bond acceptors (Lipinski definition) is 6. The van der Waals surface area contributed by atoms with Gasteiger partial charge in [-0.25, -0.2) is 9.78 Å². The number of anilines is 2. The molecule has 0 bridgehead atoms. The Morgan fingerprint density at radius 1 is 1.00 bits per heavy atom. The highest BCUT2D eigenvalue weighted by molar-refractivity contribution is 7.14. The molecule has 0 unspecified atom stereocenters. The second-order valence-electron chi connectivity index (χ2n) is 6.06. The van der Waals surface area contributed by atoms with Crippen LogP contribution >= 0.6 is 11.3 Å². The van der Waals surface area contributed by atoms with Crippen LogP contribution in [-0.2, 0) is 4.74 Å². The summed E-state index contributed by atoms with van der Waals surface area (Å²) >= 11 is 1.13. The smallest absolute Gasteiger partial charge is 0.357 e. The number of benzene rings is 2. The van der Waals surface area contributed by atoms with Crippen molar-refractivity contribution in [3.05, 3.63) is 76.3 Å². The molecule has 29 heavy (non-hydrogen) atoms. The Labute approximate surface area is 171 Å². The Morgan fingerprint density at radius 3 is 2.45 bits per heavy atom. The maximum atomic E-state index is 12.6. The molecule has 8 heteroatoms. The van der Waals surface area contributed by atoms with E-state index in [0.29, 0.717) is 16.8 Å². The van der Waals surface area contributed by atoms with E-state index in [2.05, 4.69) is 15.6 Å². The van der Waals surface area contributed by atoms with Gasteiger partial charge in [0.15, 0.2) is 10.8 Å². The lowest BCUT2D eigenvalue weighted by atomic mass is 10.1. The van der Waals surface area contributed by atoms with Gasteiger partial charge in [0.05, 0.1) is 6.61 Å². The Hall–Kier alpha value is -3.52. The highest BCUT2D eigenvalue weighted by Crippen LogP contribution is 2.21. The number of carbonyl (C=O) groups excluding carboxylic acids is 3. The van der Waals surface area contributed by atoms with Crippen LogP contribution in [0.2, 0.25) is 0 Å². The van der Waals surface area contributed by atoms with E-state index in [0.717, 1.165) is 16.9 Å². The Kier molecular flexibility index (Phi) is 6.36. The SMILES string of the molecule is CCOC(=O)c1csc(NC(=O)c2ccc(C)c(NC(=O)c3ccccc3)c2)n1.